The number of carbonyl (C=O) groups excluding carboxylic acids is 1. The summed E-state index contributed by atoms with van der Waals surface area (Å²) in [5, 5.41) is 0. The molecule has 0 aliphatic rings. The van der Waals surface area contributed by atoms with Gasteiger partial charge in [-0.3, -0.25) is 13.8 Å². The largest absolute Gasteiger partial charge is 0.472 e. The number of unbranched alkanes of at least 4 members (excludes halogenated alkanes) is 16. The fourth-order valence-corrected chi connectivity index (χ4v) is 6.44. The normalized spacial score (nSPS) is 14.4. The number of carbonyl (C=O) groups is 1. The number of likely N-dealkylation sites (N-methyl/N-ethyl adjacent to an activating group) is 1. The van der Waals surface area contributed by atoms with Gasteiger partial charge in [0, 0.05) is 13.0 Å². The van der Waals surface area contributed by atoms with E-state index in [4.69, 9.17) is 18.5 Å². The summed E-state index contributed by atoms with van der Waals surface area (Å²) in [6.45, 7) is 5.48. The number of allylic oxidation sites excluding steroid dienone is 10. The zero-order valence-electron chi connectivity index (χ0n) is 36.1. The summed E-state index contributed by atoms with van der Waals surface area (Å²) in [6, 6.07) is 0. The van der Waals surface area contributed by atoms with Gasteiger partial charge >= 0.3 is 13.8 Å². The third-order valence-corrected chi connectivity index (χ3v) is 10.1. The van der Waals surface area contributed by atoms with Crippen LogP contribution in [0.3, 0.4) is 0 Å². The number of ether oxygens (including phenoxy) is 2. The highest BCUT2D eigenvalue weighted by atomic mass is 31.2. The molecule has 0 heterocycles. The van der Waals surface area contributed by atoms with Gasteiger partial charge in [-0.05, 0) is 57.8 Å². The topological polar surface area (TPSA) is 91.3 Å². The second kappa shape index (κ2) is 39.0. The van der Waals surface area contributed by atoms with Gasteiger partial charge in [0.05, 0.1) is 34.4 Å². The van der Waals surface area contributed by atoms with Gasteiger partial charge in [0.2, 0.25) is 0 Å². The third kappa shape index (κ3) is 43.2. The maximum Gasteiger partial charge on any atom is 0.472 e. The molecule has 55 heavy (non-hydrogen) atoms. The Morgan fingerprint density at radius 2 is 1.05 bits per heavy atom. The van der Waals surface area contributed by atoms with E-state index in [2.05, 4.69) is 74.6 Å². The molecule has 1 N–H and O–H groups in total. The molecular weight excluding hydrogens is 709 g/mol. The van der Waals surface area contributed by atoms with E-state index >= 15 is 0 Å². The fraction of sp³-hybridized carbons (Fsp3) is 0.761. The molecule has 0 spiro atoms. The molecule has 0 fully saturated rings. The minimum atomic E-state index is -4.28. The van der Waals surface area contributed by atoms with E-state index in [0.717, 1.165) is 83.5 Å². The van der Waals surface area contributed by atoms with E-state index in [1.165, 1.54) is 64.2 Å². The number of phosphoric ester groups is 1. The van der Waals surface area contributed by atoms with Crippen LogP contribution in [0.2, 0.25) is 0 Å². The van der Waals surface area contributed by atoms with Crippen molar-refractivity contribution in [3.8, 4) is 0 Å². The van der Waals surface area contributed by atoms with Gasteiger partial charge in [-0.15, -0.1) is 0 Å². The second-order valence-electron chi connectivity index (χ2n) is 15.7. The molecule has 0 aromatic heterocycles. The minimum Gasteiger partial charge on any atom is -0.457 e. The highest BCUT2D eigenvalue weighted by molar-refractivity contribution is 7.47. The van der Waals surface area contributed by atoms with Crippen LogP contribution < -0.4 is 0 Å². The molecule has 2 unspecified atom stereocenters. The van der Waals surface area contributed by atoms with Crippen molar-refractivity contribution in [1.29, 1.82) is 0 Å². The summed E-state index contributed by atoms with van der Waals surface area (Å²) in [5.74, 6) is -0.333. The number of esters is 1. The van der Waals surface area contributed by atoms with E-state index in [1.807, 2.05) is 21.1 Å². The van der Waals surface area contributed by atoms with Crippen molar-refractivity contribution < 1.29 is 37.3 Å². The molecule has 2 atom stereocenters. The zero-order chi connectivity index (χ0) is 40.6. The number of rotatable bonds is 40. The number of phosphoric acid groups is 1. The summed E-state index contributed by atoms with van der Waals surface area (Å²) in [6.07, 6.45) is 48.2. The lowest BCUT2D eigenvalue weighted by molar-refractivity contribution is -0.870. The van der Waals surface area contributed by atoms with E-state index < -0.39 is 13.9 Å². The third-order valence-electron chi connectivity index (χ3n) is 9.09. The maximum atomic E-state index is 12.7. The Hall–Kier alpha value is -1.80. The van der Waals surface area contributed by atoms with Crippen molar-refractivity contribution in [2.45, 2.75) is 174 Å². The lowest BCUT2D eigenvalue weighted by atomic mass is 10.1. The molecule has 0 rings (SSSR count). The van der Waals surface area contributed by atoms with Crippen LogP contribution in [0.1, 0.15) is 168 Å². The van der Waals surface area contributed by atoms with Crippen LogP contribution in [-0.2, 0) is 27.9 Å². The molecule has 0 aliphatic carbocycles. The van der Waals surface area contributed by atoms with Crippen molar-refractivity contribution in [2.24, 2.45) is 0 Å². The summed E-state index contributed by atoms with van der Waals surface area (Å²) >= 11 is 0. The highest BCUT2D eigenvalue weighted by Gasteiger charge is 2.26. The van der Waals surface area contributed by atoms with Crippen LogP contribution in [0.15, 0.2) is 60.8 Å². The van der Waals surface area contributed by atoms with E-state index in [-0.39, 0.29) is 25.8 Å². The predicted molar refractivity (Wildman–Crippen MR) is 233 cm³/mol. The Labute approximate surface area is 339 Å². The molecule has 8 nitrogen and oxygen atoms in total. The van der Waals surface area contributed by atoms with Crippen LogP contribution in [0, 0.1) is 0 Å². The fourth-order valence-electron chi connectivity index (χ4n) is 5.70. The van der Waals surface area contributed by atoms with Crippen molar-refractivity contribution in [1.82, 2.24) is 0 Å². The van der Waals surface area contributed by atoms with Gasteiger partial charge in [0.1, 0.15) is 19.3 Å². The molecule has 0 saturated carbocycles. The predicted octanol–water partition coefficient (Wildman–Crippen LogP) is 12.9. The average Bonchev–Trinajstić information content (AvgIpc) is 3.13. The van der Waals surface area contributed by atoms with Crippen LogP contribution in [0.5, 0.6) is 0 Å². The molecule has 0 radical (unpaired) electrons. The van der Waals surface area contributed by atoms with Crippen LogP contribution in [0.4, 0.5) is 0 Å². The molecule has 0 aromatic carbocycles. The first-order valence-electron chi connectivity index (χ1n) is 22.0. The van der Waals surface area contributed by atoms with Crippen molar-refractivity contribution >= 4 is 13.8 Å². The molecule has 0 aromatic rings. The van der Waals surface area contributed by atoms with E-state index in [9.17, 15) is 14.3 Å². The van der Waals surface area contributed by atoms with Gasteiger partial charge in [-0.2, -0.15) is 0 Å². The van der Waals surface area contributed by atoms with Crippen LogP contribution in [-0.4, -0.2) is 75.6 Å². The lowest BCUT2D eigenvalue weighted by Gasteiger charge is -2.24. The van der Waals surface area contributed by atoms with Gasteiger partial charge in [0.25, 0.3) is 0 Å². The Morgan fingerprint density at radius 3 is 1.58 bits per heavy atom. The lowest BCUT2D eigenvalue weighted by Crippen LogP contribution is -2.37. The first-order valence-corrected chi connectivity index (χ1v) is 23.5. The standard InChI is InChI=1S/C46H84NO7P/c1-6-8-10-12-14-16-18-20-21-22-23-24-25-26-27-28-29-31-33-35-37-39-46(48)54-45(44-53-55(49,50)52-42-40-47(3,4)5)43-51-41-38-36-34-32-30-19-17-15-13-11-9-7-2/h8,10,14,16,20-21,23-24,26-27,45H,6-7,9,11-13,15,17-19,22,25,28-44H2,1-5H3/p+1/b10-8-,16-14-,21-20-,24-23-,27-26-. The van der Waals surface area contributed by atoms with Gasteiger partial charge in [-0.1, -0.05) is 164 Å². The zero-order valence-corrected chi connectivity index (χ0v) is 37.0. The van der Waals surface area contributed by atoms with Gasteiger partial charge < -0.3 is 18.9 Å². The SMILES string of the molecule is CC/C=C\C/C=C\C/C=C\C/C=C\C/C=C\CCCCCCCC(=O)OC(COCCCCCCCCCCCCCC)COP(=O)(O)OCC[N+](C)(C)C. The highest BCUT2D eigenvalue weighted by Crippen LogP contribution is 2.43. The summed E-state index contributed by atoms with van der Waals surface area (Å²) in [5.41, 5.74) is 0. The first kappa shape index (κ1) is 53.2. The Bertz CT molecular complexity index is 1060. The summed E-state index contributed by atoms with van der Waals surface area (Å²) in [7, 11) is 1.65. The average molecular weight is 795 g/mol. The number of hydrogen-bond donors (Lipinski definition) is 1. The molecule has 9 heteroatoms. The molecule has 0 amide bonds. The molecule has 320 valence electrons. The number of nitrogens with zero attached hydrogens (tertiary/aromatic N) is 1. The Balaban J connectivity index is 4.26. The van der Waals surface area contributed by atoms with Gasteiger partial charge in [0.15, 0.2) is 0 Å². The molecule has 0 aliphatic heterocycles. The second-order valence-corrected chi connectivity index (χ2v) is 17.2. The van der Waals surface area contributed by atoms with E-state index in [1.54, 1.807) is 0 Å². The van der Waals surface area contributed by atoms with E-state index in [0.29, 0.717) is 24.1 Å². The van der Waals surface area contributed by atoms with Crippen LogP contribution in [0.25, 0.3) is 0 Å². The molecule has 0 bridgehead atoms. The monoisotopic (exact) mass is 795 g/mol. The number of quaternary nitrogens is 1. The maximum absolute atomic E-state index is 12.7. The summed E-state index contributed by atoms with van der Waals surface area (Å²) < 4.78 is 35.0. The quantitative estimate of drug-likeness (QED) is 0.0217. The van der Waals surface area contributed by atoms with Gasteiger partial charge in [-0.25, -0.2) is 4.57 Å². The van der Waals surface area contributed by atoms with Crippen molar-refractivity contribution in [3.05, 3.63) is 60.8 Å². The number of hydrogen-bond acceptors (Lipinski definition) is 6. The minimum absolute atomic E-state index is 0.0828. The van der Waals surface area contributed by atoms with Crippen LogP contribution >= 0.6 is 7.82 Å². The summed E-state index contributed by atoms with van der Waals surface area (Å²) in [4.78, 5) is 22.9. The smallest absolute Gasteiger partial charge is 0.457 e. The van der Waals surface area contributed by atoms with Crippen molar-refractivity contribution in [2.75, 3.05) is 54.1 Å². The first-order chi connectivity index (χ1) is 26.6. The van der Waals surface area contributed by atoms with Crippen molar-refractivity contribution in [3.63, 3.8) is 0 Å². The Morgan fingerprint density at radius 1 is 0.582 bits per heavy atom. The Kier molecular flexibility index (Phi) is 37.8. The molecule has 0 saturated heterocycles. The molecular formula is C46H85NO7P+.